The first-order chi connectivity index (χ1) is 8.30. The Kier molecular flexibility index (Phi) is 2.63. The van der Waals surface area contributed by atoms with Crippen molar-refractivity contribution in [1.82, 2.24) is 0 Å². The van der Waals surface area contributed by atoms with Gasteiger partial charge in [0.05, 0.1) is 0 Å². The predicted molar refractivity (Wildman–Crippen MR) is 62.8 cm³/mol. The zero-order valence-electron chi connectivity index (χ0n) is 9.72. The molecule has 1 spiro atoms. The Bertz CT molecular complexity index is 407. The van der Waals surface area contributed by atoms with Crippen molar-refractivity contribution in [3.63, 3.8) is 0 Å². The highest BCUT2D eigenvalue weighted by atomic mass is 16.7. The van der Waals surface area contributed by atoms with Crippen LogP contribution in [0.3, 0.4) is 0 Å². The van der Waals surface area contributed by atoms with Gasteiger partial charge in [-0.2, -0.15) is 0 Å². The number of rotatable bonds is 2. The van der Waals surface area contributed by atoms with Crippen molar-refractivity contribution in [3.8, 4) is 5.75 Å². The van der Waals surface area contributed by atoms with Gasteiger partial charge in [-0.05, 0) is 25.0 Å². The highest BCUT2D eigenvalue weighted by molar-refractivity contribution is 5.81. The van der Waals surface area contributed by atoms with Gasteiger partial charge in [0.25, 0.3) is 0 Å². The Labute approximate surface area is 101 Å². The molecule has 3 nitrogen and oxygen atoms in total. The molecule has 1 aromatic carbocycles. The molecule has 0 amide bonds. The molecule has 1 heterocycles. The zero-order chi connectivity index (χ0) is 11.7. The summed E-state index contributed by atoms with van der Waals surface area (Å²) in [7, 11) is 0. The van der Waals surface area contributed by atoms with E-state index in [0.29, 0.717) is 5.75 Å². The van der Waals surface area contributed by atoms with Crippen LogP contribution in [-0.2, 0) is 9.53 Å². The number of ether oxygens (including phenoxy) is 2. The highest BCUT2D eigenvalue weighted by Gasteiger charge is 2.61. The number of hydrogen-bond acceptors (Lipinski definition) is 3. The van der Waals surface area contributed by atoms with E-state index in [0.717, 1.165) is 25.7 Å². The van der Waals surface area contributed by atoms with E-state index >= 15 is 0 Å². The molecule has 2 fully saturated rings. The quantitative estimate of drug-likeness (QED) is 0.447. The summed E-state index contributed by atoms with van der Waals surface area (Å²) in [6, 6.07) is 9.18. The Balaban J connectivity index is 1.61. The molecule has 1 aliphatic heterocycles. The second kappa shape index (κ2) is 4.15. The zero-order valence-corrected chi connectivity index (χ0v) is 9.72. The molecule has 90 valence electrons. The van der Waals surface area contributed by atoms with E-state index in [1.54, 1.807) is 12.1 Å². The maximum Gasteiger partial charge on any atom is 0.343 e. The van der Waals surface area contributed by atoms with E-state index < -0.39 is 0 Å². The smallest absolute Gasteiger partial charge is 0.343 e. The third-order valence-corrected chi connectivity index (χ3v) is 3.65. The van der Waals surface area contributed by atoms with Gasteiger partial charge in [-0.15, -0.1) is 0 Å². The fourth-order valence-corrected chi connectivity index (χ4v) is 2.65. The third kappa shape index (κ3) is 2.07. The molecule has 1 unspecified atom stereocenters. The SMILES string of the molecule is O=C(Oc1ccccc1)C1OC12CCCCC2. The van der Waals surface area contributed by atoms with Crippen LogP contribution >= 0.6 is 0 Å². The molecule has 1 aromatic rings. The molecule has 1 saturated carbocycles. The fraction of sp³-hybridized carbons (Fsp3) is 0.500. The van der Waals surface area contributed by atoms with Crippen LogP contribution in [0.5, 0.6) is 5.75 Å². The average molecular weight is 232 g/mol. The van der Waals surface area contributed by atoms with Crippen LogP contribution in [0.15, 0.2) is 30.3 Å². The maximum absolute atomic E-state index is 11.9. The van der Waals surface area contributed by atoms with E-state index in [1.807, 2.05) is 18.2 Å². The Morgan fingerprint density at radius 3 is 2.59 bits per heavy atom. The van der Waals surface area contributed by atoms with E-state index in [-0.39, 0.29) is 17.7 Å². The first-order valence-corrected chi connectivity index (χ1v) is 6.25. The van der Waals surface area contributed by atoms with Crippen LogP contribution in [-0.4, -0.2) is 17.7 Å². The molecule has 1 saturated heterocycles. The van der Waals surface area contributed by atoms with Gasteiger partial charge in [0.2, 0.25) is 0 Å². The largest absolute Gasteiger partial charge is 0.425 e. The second-order valence-electron chi connectivity index (χ2n) is 4.86. The summed E-state index contributed by atoms with van der Waals surface area (Å²) in [6.45, 7) is 0. The first kappa shape index (κ1) is 10.8. The average Bonchev–Trinajstić information content (AvgIpc) is 3.05. The van der Waals surface area contributed by atoms with Gasteiger partial charge in [-0.1, -0.05) is 37.5 Å². The van der Waals surface area contributed by atoms with Crippen LogP contribution in [0.25, 0.3) is 0 Å². The minimum absolute atomic E-state index is 0.176. The summed E-state index contributed by atoms with van der Waals surface area (Å²) in [4.78, 5) is 11.9. The van der Waals surface area contributed by atoms with Crippen molar-refractivity contribution < 1.29 is 14.3 Å². The summed E-state index contributed by atoms with van der Waals surface area (Å²) in [6.07, 6.45) is 5.25. The number of epoxide rings is 1. The van der Waals surface area contributed by atoms with Crippen molar-refractivity contribution in [2.24, 2.45) is 0 Å². The summed E-state index contributed by atoms with van der Waals surface area (Å²) in [5.41, 5.74) is -0.176. The van der Waals surface area contributed by atoms with E-state index in [1.165, 1.54) is 6.42 Å². The van der Waals surface area contributed by atoms with Gasteiger partial charge < -0.3 is 9.47 Å². The number of para-hydroxylation sites is 1. The van der Waals surface area contributed by atoms with E-state index in [2.05, 4.69) is 0 Å². The van der Waals surface area contributed by atoms with Gasteiger partial charge in [0.1, 0.15) is 11.4 Å². The van der Waals surface area contributed by atoms with Crippen molar-refractivity contribution in [2.45, 2.75) is 43.8 Å². The number of hydrogen-bond donors (Lipinski definition) is 0. The lowest BCUT2D eigenvalue weighted by Crippen LogP contribution is -2.26. The summed E-state index contributed by atoms with van der Waals surface area (Å²) in [5.74, 6) is 0.358. The summed E-state index contributed by atoms with van der Waals surface area (Å²) < 4.78 is 10.9. The maximum atomic E-state index is 11.9. The highest BCUT2D eigenvalue weighted by Crippen LogP contribution is 2.48. The molecule has 17 heavy (non-hydrogen) atoms. The molecule has 1 atom stereocenters. The summed E-state index contributed by atoms with van der Waals surface area (Å²) >= 11 is 0. The number of carbonyl (C=O) groups is 1. The topological polar surface area (TPSA) is 38.8 Å². The van der Waals surface area contributed by atoms with E-state index in [4.69, 9.17) is 9.47 Å². The lowest BCUT2D eigenvalue weighted by atomic mass is 9.86. The first-order valence-electron chi connectivity index (χ1n) is 6.25. The fourth-order valence-electron chi connectivity index (χ4n) is 2.65. The van der Waals surface area contributed by atoms with Crippen LogP contribution in [0.4, 0.5) is 0 Å². The Hall–Kier alpha value is -1.35. The molecule has 3 rings (SSSR count). The second-order valence-corrected chi connectivity index (χ2v) is 4.86. The van der Waals surface area contributed by atoms with Gasteiger partial charge in [-0.25, -0.2) is 4.79 Å². The van der Waals surface area contributed by atoms with E-state index in [9.17, 15) is 4.79 Å². The lowest BCUT2D eigenvalue weighted by molar-refractivity contribution is -0.135. The molecule has 0 bridgehead atoms. The van der Waals surface area contributed by atoms with Crippen molar-refractivity contribution in [3.05, 3.63) is 30.3 Å². The molecule has 3 heteroatoms. The normalized spacial score (nSPS) is 25.5. The van der Waals surface area contributed by atoms with Crippen LogP contribution in [0.2, 0.25) is 0 Å². The van der Waals surface area contributed by atoms with Crippen LogP contribution in [0.1, 0.15) is 32.1 Å². The van der Waals surface area contributed by atoms with Gasteiger partial charge in [-0.3, -0.25) is 0 Å². The van der Waals surface area contributed by atoms with Crippen molar-refractivity contribution in [1.29, 1.82) is 0 Å². The number of benzene rings is 1. The van der Waals surface area contributed by atoms with Crippen LogP contribution in [0, 0.1) is 0 Å². The number of carbonyl (C=O) groups excluding carboxylic acids is 1. The minimum atomic E-state index is -0.331. The molecular formula is C14H16O3. The molecule has 0 radical (unpaired) electrons. The van der Waals surface area contributed by atoms with Gasteiger partial charge in [0.15, 0.2) is 6.10 Å². The molecule has 2 aliphatic rings. The molecular weight excluding hydrogens is 216 g/mol. The van der Waals surface area contributed by atoms with Crippen LogP contribution < -0.4 is 4.74 Å². The molecule has 0 N–H and O–H groups in total. The minimum Gasteiger partial charge on any atom is -0.425 e. The summed E-state index contributed by atoms with van der Waals surface area (Å²) in [5, 5.41) is 0. The Morgan fingerprint density at radius 1 is 1.18 bits per heavy atom. The van der Waals surface area contributed by atoms with Crippen molar-refractivity contribution in [2.75, 3.05) is 0 Å². The molecule has 1 aliphatic carbocycles. The third-order valence-electron chi connectivity index (χ3n) is 3.65. The van der Waals surface area contributed by atoms with Gasteiger partial charge in [0, 0.05) is 0 Å². The monoisotopic (exact) mass is 232 g/mol. The molecule has 0 aromatic heterocycles. The standard InChI is InChI=1S/C14H16O3/c15-13(16-11-7-3-1-4-8-11)12-14(17-12)9-5-2-6-10-14/h1,3-4,7-8,12H,2,5-6,9-10H2. The Morgan fingerprint density at radius 2 is 1.88 bits per heavy atom. The van der Waals surface area contributed by atoms with Crippen molar-refractivity contribution >= 4 is 5.97 Å². The number of esters is 1. The van der Waals surface area contributed by atoms with Gasteiger partial charge >= 0.3 is 5.97 Å². The predicted octanol–water partition coefficient (Wildman–Crippen LogP) is 2.69. The lowest BCUT2D eigenvalue weighted by Gasteiger charge is -2.17.